The Morgan fingerprint density at radius 3 is 2.12 bits per heavy atom. The maximum absolute atomic E-state index is 10.3. The minimum atomic E-state index is -0.931. The fraction of sp³-hybridized carbons (Fsp3) is 0.417. The average Bonchev–Trinajstić information content (AvgIpc) is 2.29. The van der Waals surface area contributed by atoms with Gasteiger partial charge in [0.1, 0.15) is 0 Å². The number of hydrogen-bond donors (Lipinski definition) is 3. The number of aromatic carboxylic acids is 1. The van der Waals surface area contributed by atoms with E-state index in [2.05, 4.69) is 6.92 Å². The number of carboxylic acids is 1. The van der Waals surface area contributed by atoms with Gasteiger partial charge in [-0.25, -0.2) is 4.79 Å². The first kappa shape index (κ1) is 14.5. The van der Waals surface area contributed by atoms with Crippen LogP contribution in [0.1, 0.15) is 30.6 Å². The zero-order valence-electron chi connectivity index (χ0n) is 9.68. The van der Waals surface area contributed by atoms with Crippen molar-refractivity contribution in [2.45, 2.75) is 20.3 Å². The third kappa shape index (κ3) is 6.03. The lowest BCUT2D eigenvalue weighted by atomic mass is 10.1. The molecule has 0 saturated carbocycles. The number of carbonyl (C=O) groups is 1. The van der Waals surface area contributed by atoms with E-state index in [9.17, 15) is 4.79 Å². The van der Waals surface area contributed by atoms with Gasteiger partial charge in [-0.3, -0.25) is 0 Å². The summed E-state index contributed by atoms with van der Waals surface area (Å²) in [7, 11) is 0. The van der Waals surface area contributed by atoms with E-state index in [1.54, 1.807) is 12.1 Å². The summed E-state index contributed by atoms with van der Waals surface area (Å²) in [5, 5.41) is 16.8. The van der Waals surface area contributed by atoms with E-state index in [0.29, 0.717) is 18.2 Å². The first-order valence-corrected chi connectivity index (χ1v) is 5.20. The van der Waals surface area contributed by atoms with Crippen molar-refractivity contribution in [3.8, 4) is 0 Å². The molecule has 0 radical (unpaired) electrons. The molecule has 0 aromatic heterocycles. The molecule has 0 saturated heterocycles. The van der Waals surface area contributed by atoms with Gasteiger partial charge in [-0.1, -0.05) is 20.3 Å². The lowest BCUT2D eigenvalue weighted by Gasteiger charge is -1.98. The number of anilines is 1. The number of rotatable bonds is 3. The van der Waals surface area contributed by atoms with Gasteiger partial charge in [-0.05, 0) is 30.2 Å². The van der Waals surface area contributed by atoms with Crippen molar-refractivity contribution in [1.82, 2.24) is 0 Å². The van der Waals surface area contributed by atoms with Crippen molar-refractivity contribution in [3.63, 3.8) is 0 Å². The molecule has 0 fully saturated rings. The predicted octanol–water partition coefficient (Wildman–Crippen LogP) is 1.99. The fourth-order valence-corrected chi connectivity index (χ4v) is 0.755. The van der Waals surface area contributed by atoms with Gasteiger partial charge in [0.25, 0.3) is 0 Å². The van der Waals surface area contributed by atoms with Crippen molar-refractivity contribution >= 4 is 11.7 Å². The van der Waals surface area contributed by atoms with Gasteiger partial charge in [-0.15, -0.1) is 0 Å². The summed E-state index contributed by atoms with van der Waals surface area (Å²) in [6.07, 6.45) is 1.08. The maximum Gasteiger partial charge on any atom is 0.335 e. The fourth-order valence-electron chi connectivity index (χ4n) is 0.755. The molecule has 4 heteroatoms. The minimum Gasteiger partial charge on any atom is -0.478 e. The van der Waals surface area contributed by atoms with Crippen LogP contribution in [0.4, 0.5) is 5.69 Å². The summed E-state index contributed by atoms with van der Waals surface area (Å²) in [4.78, 5) is 10.3. The summed E-state index contributed by atoms with van der Waals surface area (Å²) >= 11 is 0. The Morgan fingerprint density at radius 1 is 1.38 bits per heavy atom. The van der Waals surface area contributed by atoms with E-state index in [0.717, 1.165) is 6.42 Å². The van der Waals surface area contributed by atoms with Gasteiger partial charge < -0.3 is 15.9 Å². The number of hydrogen-bond acceptors (Lipinski definition) is 3. The molecule has 0 aliphatic carbocycles. The van der Waals surface area contributed by atoms with Gasteiger partial charge in [0, 0.05) is 12.3 Å². The van der Waals surface area contributed by atoms with Crippen LogP contribution in [0.3, 0.4) is 0 Å². The van der Waals surface area contributed by atoms with Gasteiger partial charge in [0.15, 0.2) is 0 Å². The molecule has 0 amide bonds. The van der Waals surface area contributed by atoms with Gasteiger partial charge in [0.05, 0.1) is 5.56 Å². The Morgan fingerprint density at radius 2 is 1.88 bits per heavy atom. The van der Waals surface area contributed by atoms with Crippen molar-refractivity contribution in [1.29, 1.82) is 0 Å². The Balaban J connectivity index is 0.000000325. The second-order valence-electron chi connectivity index (χ2n) is 3.62. The largest absolute Gasteiger partial charge is 0.478 e. The number of carboxylic acid groups (broad SMARTS) is 1. The number of aliphatic hydroxyl groups excluding tert-OH is 1. The van der Waals surface area contributed by atoms with Crippen molar-refractivity contribution in [2.75, 3.05) is 12.3 Å². The third-order valence-electron chi connectivity index (χ3n) is 2.17. The molecule has 4 N–H and O–H groups in total. The second-order valence-corrected chi connectivity index (χ2v) is 3.62. The van der Waals surface area contributed by atoms with Crippen LogP contribution in [0.25, 0.3) is 0 Å². The van der Waals surface area contributed by atoms with Crippen LogP contribution in [-0.2, 0) is 0 Å². The molecule has 4 nitrogen and oxygen atoms in total. The Bertz CT molecular complexity index is 305. The van der Waals surface area contributed by atoms with Crippen molar-refractivity contribution in [3.05, 3.63) is 29.8 Å². The SMILES string of the molecule is CC[C@H](C)CO.Nc1ccc(C(=O)O)cc1. The highest BCUT2D eigenvalue weighted by atomic mass is 16.4. The topological polar surface area (TPSA) is 83.5 Å². The summed E-state index contributed by atoms with van der Waals surface area (Å²) in [5.41, 5.74) is 6.17. The highest BCUT2D eigenvalue weighted by molar-refractivity contribution is 5.87. The Hall–Kier alpha value is -1.55. The van der Waals surface area contributed by atoms with E-state index in [4.69, 9.17) is 15.9 Å². The van der Waals surface area contributed by atoms with Crippen LogP contribution in [0, 0.1) is 5.92 Å². The molecular formula is C12H19NO3. The van der Waals surface area contributed by atoms with Crippen LogP contribution in [0.2, 0.25) is 0 Å². The first-order valence-electron chi connectivity index (χ1n) is 5.20. The van der Waals surface area contributed by atoms with Gasteiger partial charge >= 0.3 is 5.97 Å². The molecule has 0 spiro atoms. The summed E-state index contributed by atoms with van der Waals surface area (Å²) in [6, 6.07) is 6.06. The lowest BCUT2D eigenvalue weighted by Crippen LogP contribution is -1.96. The van der Waals surface area contributed by atoms with Crippen LogP contribution in [0.15, 0.2) is 24.3 Å². The predicted molar refractivity (Wildman–Crippen MR) is 64.4 cm³/mol. The molecule has 0 heterocycles. The monoisotopic (exact) mass is 225 g/mol. The quantitative estimate of drug-likeness (QED) is 0.687. The van der Waals surface area contributed by atoms with Gasteiger partial charge in [-0.2, -0.15) is 0 Å². The Kier molecular flexibility index (Phi) is 6.96. The second kappa shape index (κ2) is 7.70. The zero-order valence-corrected chi connectivity index (χ0v) is 9.68. The van der Waals surface area contributed by atoms with E-state index in [1.807, 2.05) is 6.92 Å². The molecule has 0 unspecified atom stereocenters. The lowest BCUT2D eigenvalue weighted by molar-refractivity contribution is 0.0697. The molecule has 0 bridgehead atoms. The molecular weight excluding hydrogens is 206 g/mol. The maximum atomic E-state index is 10.3. The van der Waals surface area contributed by atoms with Crippen LogP contribution in [-0.4, -0.2) is 22.8 Å². The van der Waals surface area contributed by atoms with Crippen LogP contribution < -0.4 is 5.73 Å². The third-order valence-corrected chi connectivity index (χ3v) is 2.17. The first-order chi connectivity index (χ1) is 7.51. The van der Waals surface area contributed by atoms with E-state index in [1.165, 1.54) is 12.1 Å². The normalized spacial score (nSPS) is 11.2. The molecule has 16 heavy (non-hydrogen) atoms. The van der Waals surface area contributed by atoms with E-state index < -0.39 is 5.97 Å². The zero-order chi connectivity index (χ0) is 12.6. The highest BCUT2D eigenvalue weighted by Gasteiger charge is 1.98. The molecule has 1 aromatic carbocycles. The standard InChI is InChI=1S/C7H7NO2.C5H12O/c8-6-3-1-5(2-4-6)7(9)10;1-3-5(2)4-6/h1-4H,8H2,(H,9,10);5-6H,3-4H2,1-2H3/t;5-/m.0/s1. The van der Waals surface area contributed by atoms with Crippen molar-refractivity contribution < 1.29 is 15.0 Å². The molecule has 1 atom stereocenters. The number of aliphatic hydroxyl groups is 1. The Labute approximate surface area is 95.7 Å². The summed E-state index contributed by atoms with van der Waals surface area (Å²) in [6.45, 7) is 4.43. The average molecular weight is 225 g/mol. The van der Waals surface area contributed by atoms with E-state index in [-0.39, 0.29) is 5.56 Å². The van der Waals surface area contributed by atoms with Crippen LogP contribution in [0.5, 0.6) is 0 Å². The summed E-state index contributed by atoms with van der Waals surface area (Å²) < 4.78 is 0. The number of nitrogen functional groups attached to an aromatic ring is 1. The molecule has 1 rings (SSSR count). The van der Waals surface area contributed by atoms with Gasteiger partial charge in [0.2, 0.25) is 0 Å². The highest BCUT2D eigenvalue weighted by Crippen LogP contribution is 2.04. The molecule has 90 valence electrons. The molecule has 0 aliphatic heterocycles. The van der Waals surface area contributed by atoms with Crippen molar-refractivity contribution in [2.24, 2.45) is 5.92 Å². The smallest absolute Gasteiger partial charge is 0.335 e. The molecule has 1 aromatic rings. The number of benzene rings is 1. The number of nitrogens with two attached hydrogens (primary N) is 1. The minimum absolute atomic E-state index is 0.259. The van der Waals surface area contributed by atoms with Crippen LogP contribution >= 0.6 is 0 Å². The summed E-state index contributed by atoms with van der Waals surface area (Å²) in [5.74, 6) is -0.440. The molecule has 0 aliphatic rings. The van der Waals surface area contributed by atoms with E-state index >= 15 is 0 Å².